The Morgan fingerprint density at radius 1 is 0.448 bits per heavy atom. The van der Waals surface area contributed by atoms with Crippen molar-refractivity contribution in [3.63, 3.8) is 0 Å². The van der Waals surface area contributed by atoms with Crippen LogP contribution in [-0.4, -0.2) is 31.3 Å². The van der Waals surface area contributed by atoms with Gasteiger partial charge in [0, 0.05) is 118 Å². The minimum Gasteiger partial charge on any atom is -0.347 e. The Bertz CT molecular complexity index is 3040. The first-order valence-electron chi connectivity index (χ1n) is 22.9. The van der Waals surface area contributed by atoms with Crippen molar-refractivity contribution in [3.8, 4) is 11.4 Å². The van der Waals surface area contributed by atoms with Gasteiger partial charge in [0.05, 0.1) is 5.57 Å². The fourth-order valence-corrected chi connectivity index (χ4v) is 12.3. The molecule has 3 aliphatic heterocycles. The van der Waals surface area contributed by atoms with E-state index in [2.05, 4.69) is 269 Å². The lowest BCUT2D eigenvalue weighted by atomic mass is 9.83. The summed E-state index contributed by atoms with van der Waals surface area (Å²) in [5.41, 5.74) is 13.8. The van der Waals surface area contributed by atoms with E-state index in [1.165, 1.54) is 50.8 Å². The van der Waals surface area contributed by atoms with Crippen LogP contribution in [0.4, 0.5) is 17.1 Å². The van der Waals surface area contributed by atoms with Crippen molar-refractivity contribution >= 4 is 57.5 Å². The Balaban J connectivity index is 1.12. The molecule has 0 bridgehead atoms. The van der Waals surface area contributed by atoms with E-state index in [-0.39, 0.29) is 16.2 Å². The van der Waals surface area contributed by atoms with Gasteiger partial charge >= 0.3 is 0 Å². The molecule has 0 unspecified atom stereocenters. The summed E-state index contributed by atoms with van der Waals surface area (Å²) in [6, 6.07) is 47.0. The number of rotatable bonds is 9. The van der Waals surface area contributed by atoms with Crippen LogP contribution in [0.15, 0.2) is 187 Å². The van der Waals surface area contributed by atoms with Crippen molar-refractivity contribution < 1.29 is 9.36 Å². The number of hydrogen-bond acceptors (Lipinski definition) is 7. The van der Waals surface area contributed by atoms with Crippen molar-refractivity contribution in [1.82, 2.24) is 10.2 Å². The first-order valence-corrected chi connectivity index (χ1v) is 24.6. The van der Waals surface area contributed by atoms with E-state index in [0.29, 0.717) is 0 Å². The largest absolute Gasteiger partial charge is 0.347 e. The Hall–Kier alpha value is -6.94. The lowest BCUT2D eigenvalue weighted by Crippen LogP contribution is -2.35. The van der Waals surface area contributed by atoms with Crippen LogP contribution in [0, 0.1) is 0 Å². The van der Waals surface area contributed by atoms with Gasteiger partial charge in [-0.2, -0.15) is 0 Å². The maximum atomic E-state index is 5.46. The number of fused-ring (bicyclic) bond motifs is 3. The quantitative estimate of drug-likeness (QED) is 0.135. The highest BCUT2D eigenvalue weighted by molar-refractivity contribution is 7.15. The van der Waals surface area contributed by atoms with Crippen molar-refractivity contribution in [2.75, 3.05) is 35.8 Å². The zero-order valence-corrected chi connectivity index (χ0v) is 41.4. The molecule has 0 aliphatic carbocycles. The zero-order valence-electron chi connectivity index (χ0n) is 39.8. The highest BCUT2D eigenvalue weighted by atomic mass is 32.1. The molecule has 9 heteroatoms. The van der Waals surface area contributed by atoms with Crippen LogP contribution >= 0.6 is 22.7 Å². The number of anilines is 3. The fraction of sp³-hybridized carbons (Fsp3) is 0.207. The summed E-state index contributed by atoms with van der Waals surface area (Å²) in [5.74, 6) is 0. The summed E-state index contributed by atoms with van der Waals surface area (Å²) in [5, 5.41) is 14.7. The Morgan fingerprint density at radius 3 is 1.13 bits per heavy atom. The van der Waals surface area contributed by atoms with Crippen molar-refractivity contribution in [3.05, 3.63) is 224 Å². The lowest BCUT2D eigenvalue weighted by molar-refractivity contribution is -0.656. The third-order valence-electron chi connectivity index (χ3n) is 13.9. The standard InChI is InChI=1S/C58H57N7S2/c1-56(2)43-28-16-19-31-46(43)61(7)49(56)34-22-36-52-64(40-24-12-10-13-25-40)59-54(66-52)42(38-39-51-58(5,6)45-30-18-21-33-48(45)63(51)9)55-60-65(41-26-14-11-15-27-41)53(67-55)37-23-35-50-57(3,4)44-29-17-20-32-47(44)62(50)8/h10-39H,1-9H3/q+2/b51-39-. The van der Waals surface area contributed by atoms with E-state index in [0.717, 1.165) is 37.0 Å². The summed E-state index contributed by atoms with van der Waals surface area (Å²) in [6.45, 7) is 13.8. The first-order chi connectivity index (χ1) is 32.3. The Labute approximate surface area is 403 Å². The van der Waals surface area contributed by atoms with Crippen LogP contribution < -0.4 is 24.1 Å². The van der Waals surface area contributed by atoms with Gasteiger partial charge in [0.15, 0.2) is 0 Å². The van der Waals surface area contributed by atoms with Crippen LogP contribution in [0.5, 0.6) is 0 Å². The summed E-state index contributed by atoms with van der Waals surface area (Å²) in [7, 11) is 6.50. The average Bonchev–Trinajstić information content (AvgIpc) is 4.09. The smallest absolute Gasteiger partial charge is 0.296 e. The number of allylic oxidation sites excluding steroid dienone is 9. The Morgan fingerprint density at radius 2 is 0.776 bits per heavy atom. The van der Waals surface area contributed by atoms with Crippen LogP contribution in [0.3, 0.4) is 0 Å². The number of para-hydroxylation sites is 5. The lowest BCUT2D eigenvalue weighted by Gasteiger charge is -2.23. The van der Waals surface area contributed by atoms with Gasteiger partial charge in [-0.25, -0.2) is 0 Å². The van der Waals surface area contributed by atoms with Gasteiger partial charge in [-0.05, 0) is 91.2 Å². The maximum Gasteiger partial charge on any atom is 0.296 e. The molecule has 10 rings (SSSR count). The third kappa shape index (κ3) is 7.60. The third-order valence-corrected chi connectivity index (χ3v) is 15.9. The summed E-state index contributed by atoms with van der Waals surface area (Å²) in [4.78, 5) is 6.95. The number of likely N-dealkylation sites (N-methyl/N-ethyl adjacent to an activating group) is 3. The molecule has 334 valence electrons. The van der Waals surface area contributed by atoms with Crippen LogP contribution in [-0.2, 0) is 16.2 Å². The van der Waals surface area contributed by atoms with Gasteiger partial charge in [-0.3, -0.25) is 0 Å². The van der Waals surface area contributed by atoms with E-state index < -0.39 is 0 Å². The predicted octanol–water partition coefficient (Wildman–Crippen LogP) is 12.5. The minimum absolute atomic E-state index is 0.135. The summed E-state index contributed by atoms with van der Waals surface area (Å²) >= 11 is 3.35. The molecule has 7 nitrogen and oxygen atoms in total. The van der Waals surface area contributed by atoms with Crippen LogP contribution in [0.2, 0.25) is 0 Å². The topological polar surface area (TPSA) is 43.3 Å². The van der Waals surface area contributed by atoms with Crippen molar-refractivity contribution in [1.29, 1.82) is 0 Å². The second kappa shape index (κ2) is 17.0. The van der Waals surface area contributed by atoms with Gasteiger partial charge in [0.2, 0.25) is 21.4 Å². The van der Waals surface area contributed by atoms with Gasteiger partial charge in [-0.1, -0.05) is 145 Å². The molecular formula is C58H57N7S2+2. The molecule has 0 atom stereocenters. The van der Waals surface area contributed by atoms with E-state index in [1.807, 2.05) is 0 Å². The summed E-state index contributed by atoms with van der Waals surface area (Å²) < 4.78 is 4.14. The number of nitrogens with zero attached hydrogens (tertiary/aromatic N) is 7. The van der Waals surface area contributed by atoms with E-state index in [4.69, 9.17) is 10.2 Å². The highest BCUT2D eigenvalue weighted by Crippen LogP contribution is 2.49. The molecule has 0 saturated heterocycles. The molecule has 67 heavy (non-hydrogen) atoms. The summed E-state index contributed by atoms with van der Waals surface area (Å²) in [6.07, 6.45) is 17.8. The van der Waals surface area contributed by atoms with E-state index in [1.54, 1.807) is 22.7 Å². The minimum atomic E-state index is -0.211. The fourth-order valence-electron chi connectivity index (χ4n) is 10.3. The zero-order chi connectivity index (χ0) is 46.7. The van der Waals surface area contributed by atoms with E-state index >= 15 is 0 Å². The average molecular weight is 916 g/mol. The first kappa shape index (κ1) is 43.9. The maximum absolute atomic E-state index is 5.46. The molecule has 0 radical (unpaired) electrons. The SMILES string of the molecule is CN1/C(=C\C=C(c2n[n+](-c3ccccc3)c(/C=C/C=C3\N(C)c4ccccc4C3(C)C)s2)c2n[n+](-c3ccccc3)c(/C=C/C=C3\N(C)c4ccccc4C3(C)C)s2)C(C)(C)c2ccccc21. The molecule has 0 saturated carbocycles. The van der Waals surface area contributed by atoms with Gasteiger partial charge in [-0.15, -0.1) is 0 Å². The second-order valence-corrected chi connectivity index (χ2v) is 21.1. The van der Waals surface area contributed by atoms with Gasteiger partial charge in [0.1, 0.15) is 0 Å². The molecule has 5 heterocycles. The number of aromatic nitrogens is 4. The van der Waals surface area contributed by atoms with Crippen molar-refractivity contribution in [2.45, 2.75) is 57.8 Å². The Kier molecular flexibility index (Phi) is 11.2. The molecule has 7 aromatic rings. The van der Waals surface area contributed by atoms with Gasteiger partial charge in [0.25, 0.3) is 10.0 Å². The second-order valence-electron chi connectivity index (χ2n) is 19.0. The highest BCUT2D eigenvalue weighted by Gasteiger charge is 2.40. The molecule has 2 aromatic heterocycles. The predicted molar refractivity (Wildman–Crippen MR) is 280 cm³/mol. The van der Waals surface area contributed by atoms with Gasteiger partial charge < -0.3 is 14.7 Å². The number of hydrogen-bond donors (Lipinski definition) is 0. The molecule has 3 aliphatic rings. The van der Waals surface area contributed by atoms with E-state index in [9.17, 15) is 0 Å². The molecule has 0 fully saturated rings. The van der Waals surface area contributed by atoms with Crippen LogP contribution in [0.25, 0.3) is 29.1 Å². The molecule has 0 amide bonds. The normalized spacial score (nSPS) is 18.5. The number of benzene rings is 5. The molecule has 0 spiro atoms. The van der Waals surface area contributed by atoms with Crippen LogP contribution in [0.1, 0.15) is 78.3 Å². The molecular weight excluding hydrogens is 859 g/mol. The monoisotopic (exact) mass is 915 g/mol. The molecule has 5 aromatic carbocycles. The van der Waals surface area contributed by atoms with Crippen molar-refractivity contribution in [2.24, 2.45) is 0 Å². The molecule has 0 N–H and O–H groups in total.